The zero-order chi connectivity index (χ0) is 13.8. The van der Waals surface area contributed by atoms with Crippen LogP contribution in [0.25, 0.3) is 0 Å². The fourth-order valence-corrected chi connectivity index (χ4v) is 2.43. The summed E-state index contributed by atoms with van der Waals surface area (Å²) >= 11 is 0. The zero-order valence-corrected chi connectivity index (χ0v) is 11.8. The molecule has 0 spiro atoms. The number of rotatable bonds is 6. The number of para-hydroxylation sites is 1. The quantitative estimate of drug-likeness (QED) is 0.767. The van der Waals surface area contributed by atoms with Gasteiger partial charge in [0.2, 0.25) is 0 Å². The minimum atomic E-state index is -3.30. The normalized spacial score (nSPS) is 13.3. The molecule has 3 N–H and O–H groups in total. The van der Waals surface area contributed by atoms with E-state index in [2.05, 4.69) is 5.32 Å². The van der Waals surface area contributed by atoms with Gasteiger partial charge in [-0.2, -0.15) is 0 Å². The largest absolute Gasteiger partial charge is 0.396 e. The molecule has 1 aromatic carbocycles. The number of nitrogens with one attached hydrogen (secondary N) is 1. The summed E-state index contributed by atoms with van der Waals surface area (Å²) in [7, 11) is -3.30. The van der Waals surface area contributed by atoms with Crippen LogP contribution in [0, 0.1) is 0 Å². The van der Waals surface area contributed by atoms with Crippen molar-refractivity contribution >= 4 is 21.2 Å². The van der Waals surface area contributed by atoms with Crippen molar-refractivity contribution in [3.05, 3.63) is 18.2 Å². The third kappa shape index (κ3) is 3.89. The molecule has 1 aromatic rings. The molecule has 0 aromatic heterocycles. The smallest absolute Gasteiger partial charge is 0.177 e. The van der Waals surface area contributed by atoms with Crippen molar-refractivity contribution in [2.45, 2.75) is 24.8 Å². The second-order valence-corrected chi connectivity index (χ2v) is 6.18. The zero-order valence-electron chi connectivity index (χ0n) is 10.9. The highest BCUT2D eigenvalue weighted by molar-refractivity contribution is 7.90. The maximum atomic E-state index is 11.5. The van der Waals surface area contributed by atoms with Crippen molar-refractivity contribution in [1.82, 2.24) is 0 Å². The number of nitrogen functional groups attached to an aromatic ring is 1. The summed E-state index contributed by atoms with van der Waals surface area (Å²) in [4.78, 5) is 0.149. The lowest BCUT2D eigenvalue weighted by atomic mass is 10.2. The van der Waals surface area contributed by atoms with Gasteiger partial charge < -0.3 is 15.8 Å². The molecule has 0 bridgehead atoms. The number of anilines is 2. The highest BCUT2D eigenvalue weighted by Crippen LogP contribution is 2.26. The first-order chi connectivity index (χ1) is 8.36. The summed E-state index contributed by atoms with van der Waals surface area (Å²) in [6.45, 7) is 5.05. The van der Waals surface area contributed by atoms with Gasteiger partial charge in [0, 0.05) is 18.9 Å². The Morgan fingerprint density at radius 1 is 1.44 bits per heavy atom. The molecular weight excluding hydrogens is 252 g/mol. The number of hydrogen-bond donors (Lipinski definition) is 2. The van der Waals surface area contributed by atoms with Gasteiger partial charge in [-0.1, -0.05) is 6.07 Å². The third-order valence-electron chi connectivity index (χ3n) is 2.44. The Morgan fingerprint density at radius 3 is 2.67 bits per heavy atom. The Hall–Kier alpha value is -1.27. The van der Waals surface area contributed by atoms with E-state index in [1.54, 1.807) is 12.1 Å². The van der Waals surface area contributed by atoms with Crippen molar-refractivity contribution in [3.63, 3.8) is 0 Å². The maximum Gasteiger partial charge on any atom is 0.177 e. The van der Waals surface area contributed by atoms with Gasteiger partial charge >= 0.3 is 0 Å². The lowest BCUT2D eigenvalue weighted by Crippen LogP contribution is -2.22. The number of sulfone groups is 1. The van der Waals surface area contributed by atoms with Gasteiger partial charge in [-0.15, -0.1) is 0 Å². The van der Waals surface area contributed by atoms with Gasteiger partial charge in [0.25, 0.3) is 0 Å². The first-order valence-corrected chi connectivity index (χ1v) is 7.68. The number of benzene rings is 1. The minimum Gasteiger partial charge on any atom is -0.396 e. The van der Waals surface area contributed by atoms with Crippen molar-refractivity contribution in [1.29, 1.82) is 0 Å². The van der Waals surface area contributed by atoms with Crippen LogP contribution in [0.5, 0.6) is 0 Å². The van der Waals surface area contributed by atoms with Crippen LogP contribution < -0.4 is 11.1 Å². The van der Waals surface area contributed by atoms with Gasteiger partial charge in [-0.3, -0.25) is 0 Å². The molecule has 0 aliphatic heterocycles. The van der Waals surface area contributed by atoms with Crippen LogP contribution in [0.3, 0.4) is 0 Å². The average molecular weight is 272 g/mol. The molecule has 18 heavy (non-hydrogen) atoms. The summed E-state index contributed by atoms with van der Waals surface area (Å²) < 4.78 is 28.3. The molecule has 0 saturated heterocycles. The molecule has 5 nitrogen and oxygen atoms in total. The molecule has 1 unspecified atom stereocenters. The predicted octanol–water partition coefficient (Wildman–Crippen LogP) is 1.51. The molecule has 1 atom stereocenters. The van der Waals surface area contributed by atoms with Gasteiger partial charge in [0.15, 0.2) is 9.84 Å². The van der Waals surface area contributed by atoms with Gasteiger partial charge in [0.1, 0.15) is 0 Å². The van der Waals surface area contributed by atoms with Gasteiger partial charge in [-0.05, 0) is 26.0 Å². The fraction of sp³-hybridized carbons (Fsp3) is 0.500. The predicted molar refractivity (Wildman–Crippen MR) is 73.5 cm³/mol. The van der Waals surface area contributed by atoms with E-state index in [4.69, 9.17) is 10.5 Å². The maximum absolute atomic E-state index is 11.5. The summed E-state index contributed by atoms with van der Waals surface area (Å²) in [5.41, 5.74) is 6.73. The SMILES string of the molecule is CCOCC(C)Nc1cccc(S(C)(=O)=O)c1N. The lowest BCUT2D eigenvalue weighted by molar-refractivity contribution is 0.141. The first kappa shape index (κ1) is 14.8. The topological polar surface area (TPSA) is 81.4 Å². The van der Waals surface area contributed by atoms with Crippen molar-refractivity contribution in [2.75, 3.05) is 30.5 Å². The number of nitrogens with two attached hydrogens (primary N) is 1. The average Bonchev–Trinajstić information content (AvgIpc) is 2.27. The molecule has 102 valence electrons. The Kier molecular flexibility index (Phi) is 4.98. The van der Waals surface area contributed by atoms with Crippen LogP contribution in [0.15, 0.2) is 23.1 Å². The monoisotopic (exact) mass is 272 g/mol. The molecule has 0 fully saturated rings. The molecule has 0 aliphatic carbocycles. The second kappa shape index (κ2) is 6.06. The third-order valence-corrected chi connectivity index (χ3v) is 3.59. The Labute approximate surface area is 108 Å². The van der Waals surface area contributed by atoms with Gasteiger partial charge in [-0.25, -0.2) is 8.42 Å². The van der Waals surface area contributed by atoms with Crippen LogP contribution in [-0.4, -0.2) is 33.9 Å². The molecule has 0 radical (unpaired) electrons. The molecular formula is C12H20N2O3S. The van der Waals surface area contributed by atoms with E-state index in [0.717, 1.165) is 6.26 Å². The van der Waals surface area contributed by atoms with Crippen molar-refractivity contribution < 1.29 is 13.2 Å². The van der Waals surface area contributed by atoms with E-state index in [1.165, 1.54) is 6.07 Å². The fourth-order valence-electron chi connectivity index (χ4n) is 1.59. The molecule has 0 heterocycles. The van der Waals surface area contributed by atoms with E-state index in [1.807, 2.05) is 13.8 Å². The van der Waals surface area contributed by atoms with Crippen LogP contribution in [-0.2, 0) is 14.6 Å². The molecule has 0 saturated carbocycles. The minimum absolute atomic E-state index is 0.0575. The molecule has 0 amide bonds. The summed E-state index contributed by atoms with van der Waals surface area (Å²) in [6.07, 6.45) is 1.14. The Morgan fingerprint density at radius 2 is 2.11 bits per heavy atom. The van der Waals surface area contributed by atoms with Crippen LogP contribution in [0.4, 0.5) is 11.4 Å². The highest BCUT2D eigenvalue weighted by Gasteiger charge is 2.14. The molecule has 1 rings (SSSR count). The van der Waals surface area contributed by atoms with Crippen LogP contribution in [0.1, 0.15) is 13.8 Å². The van der Waals surface area contributed by atoms with E-state index in [-0.39, 0.29) is 16.6 Å². The van der Waals surface area contributed by atoms with Gasteiger partial charge in [0.05, 0.1) is 22.9 Å². The summed E-state index contributed by atoms with van der Waals surface area (Å²) in [5, 5.41) is 3.14. The standard InChI is InChI=1S/C12H20N2O3S/c1-4-17-8-9(2)14-10-6-5-7-11(12(10)13)18(3,15)16/h5-7,9,14H,4,8,13H2,1-3H3. The Balaban J connectivity index is 2.91. The number of hydrogen-bond acceptors (Lipinski definition) is 5. The van der Waals surface area contributed by atoms with Crippen LogP contribution >= 0.6 is 0 Å². The summed E-state index contributed by atoms with van der Waals surface area (Å²) in [6, 6.07) is 4.99. The highest BCUT2D eigenvalue weighted by atomic mass is 32.2. The van der Waals surface area contributed by atoms with E-state index in [0.29, 0.717) is 18.9 Å². The summed E-state index contributed by atoms with van der Waals surface area (Å²) in [5.74, 6) is 0. The van der Waals surface area contributed by atoms with Crippen molar-refractivity contribution in [3.8, 4) is 0 Å². The van der Waals surface area contributed by atoms with Crippen LogP contribution in [0.2, 0.25) is 0 Å². The van der Waals surface area contributed by atoms with E-state index in [9.17, 15) is 8.42 Å². The van der Waals surface area contributed by atoms with Crippen molar-refractivity contribution in [2.24, 2.45) is 0 Å². The molecule has 6 heteroatoms. The van der Waals surface area contributed by atoms with E-state index < -0.39 is 9.84 Å². The first-order valence-electron chi connectivity index (χ1n) is 5.79. The molecule has 0 aliphatic rings. The second-order valence-electron chi connectivity index (χ2n) is 4.19. The lowest BCUT2D eigenvalue weighted by Gasteiger charge is -2.17. The number of ether oxygens (including phenoxy) is 1. The Bertz CT molecular complexity index is 500. The van der Waals surface area contributed by atoms with E-state index >= 15 is 0 Å².